The van der Waals surface area contributed by atoms with E-state index in [-0.39, 0.29) is 27.7 Å². The van der Waals surface area contributed by atoms with Gasteiger partial charge in [0.2, 0.25) is 0 Å². The molecule has 0 aromatic heterocycles. The molecule has 0 heterocycles. The van der Waals surface area contributed by atoms with Crippen LogP contribution in [-0.2, 0) is 10.8 Å². The third-order valence-corrected chi connectivity index (χ3v) is 6.50. The second kappa shape index (κ2) is 6.55. The number of ketones is 1. The second-order valence-electron chi connectivity index (χ2n) is 9.37. The summed E-state index contributed by atoms with van der Waals surface area (Å²) in [6.45, 7) is 8.93. The molecule has 3 aromatic carbocycles. The molecule has 29 heavy (non-hydrogen) atoms. The molecule has 0 saturated carbocycles. The van der Waals surface area contributed by atoms with E-state index in [0.29, 0.717) is 10.9 Å². The highest BCUT2D eigenvalue weighted by molar-refractivity contribution is 6.21. The Morgan fingerprint density at radius 2 is 1.48 bits per heavy atom. The van der Waals surface area contributed by atoms with E-state index >= 15 is 0 Å². The summed E-state index contributed by atoms with van der Waals surface area (Å²) in [5.74, 6) is -1.32. The van der Waals surface area contributed by atoms with E-state index < -0.39 is 5.97 Å². The first-order chi connectivity index (χ1) is 13.6. The van der Waals surface area contributed by atoms with Crippen LogP contribution in [0.3, 0.4) is 0 Å². The first-order valence-corrected chi connectivity index (χ1v) is 10.1. The lowest BCUT2D eigenvalue weighted by Crippen LogP contribution is -2.34. The number of carboxylic acid groups (broad SMARTS) is 1. The Morgan fingerprint density at radius 1 is 0.828 bits per heavy atom. The van der Waals surface area contributed by atoms with Crippen molar-refractivity contribution in [2.45, 2.75) is 51.4 Å². The lowest BCUT2D eigenvalue weighted by atomic mass is 9.63. The summed E-state index contributed by atoms with van der Waals surface area (Å²) >= 11 is 0. The molecule has 0 bridgehead atoms. The number of benzene rings is 3. The summed E-state index contributed by atoms with van der Waals surface area (Å²) in [6.07, 6.45) is 2.16. The molecular formula is C26H26O3. The summed E-state index contributed by atoms with van der Waals surface area (Å²) in [7, 11) is 0. The first kappa shape index (κ1) is 19.4. The molecule has 1 aliphatic carbocycles. The third-order valence-electron chi connectivity index (χ3n) is 6.50. The van der Waals surface area contributed by atoms with Crippen LogP contribution in [0.4, 0.5) is 0 Å². The first-order valence-electron chi connectivity index (χ1n) is 10.1. The van der Waals surface area contributed by atoms with Gasteiger partial charge in [-0.05, 0) is 57.7 Å². The average Bonchev–Trinajstić information content (AvgIpc) is 2.69. The molecule has 4 rings (SSSR count). The zero-order valence-corrected chi connectivity index (χ0v) is 17.4. The predicted molar refractivity (Wildman–Crippen MR) is 116 cm³/mol. The third kappa shape index (κ3) is 3.15. The van der Waals surface area contributed by atoms with E-state index in [0.717, 1.165) is 18.2 Å². The van der Waals surface area contributed by atoms with Crippen molar-refractivity contribution in [3.8, 4) is 0 Å². The summed E-state index contributed by atoms with van der Waals surface area (Å²) in [6, 6.07) is 16.6. The zero-order chi connectivity index (χ0) is 21.0. The van der Waals surface area contributed by atoms with Crippen molar-refractivity contribution in [2.75, 3.05) is 0 Å². The van der Waals surface area contributed by atoms with Crippen molar-refractivity contribution in [2.24, 2.45) is 0 Å². The summed E-state index contributed by atoms with van der Waals surface area (Å²) in [4.78, 5) is 25.5. The van der Waals surface area contributed by atoms with Crippen LogP contribution >= 0.6 is 0 Å². The topological polar surface area (TPSA) is 54.4 Å². The smallest absolute Gasteiger partial charge is 0.336 e. The van der Waals surface area contributed by atoms with E-state index in [1.807, 2.05) is 36.4 Å². The molecule has 0 unspecified atom stereocenters. The number of aromatic carboxylic acids is 1. The average molecular weight is 386 g/mol. The van der Waals surface area contributed by atoms with Crippen molar-refractivity contribution in [1.82, 2.24) is 0 Å². The van der Waals surface area contributed by atoms with E-state index in [1.165, 1.54) is 17.2 Å². The lowest BCUT2D eigenvalue weighted by molar-refractivity contribution is 0.0693. The van der Waals surface area contributed by atoms with Gasteiger partial charge in [0.15, 0.2) is 5.78 Å². The normalized spacial score (nSPS) is 17.0. The van der Waals surface area contributed by atoms with Crippen LogP contribution in [-0.4, -0.2) is 16.9 Å². The standard InChI is InChI=1S/C26H26O3/c1-25(2)13-14-26(3,4)21-15-17(10-12-20(21)25)23(27)22-18-8-6-5-7-16(18)9-11-19(22)24(28)29/h5-12,15H,13-14H2,1-4H3,(H,28,29). The van der Waals surface area contributed by atoms with Crippen molar-refractivity contribution >= 4 is 22.5 Å². The van der Waals surface area contributed by atoms with E-state index in [9.17, 15) is 14.7 Å². The van der Waals surface area contributed by atoms with Crippen LogP contribution in [0, 0.1) is 0 Å². The molecule has 0 radical (unpaired) electrons. The van der Waals surface area contributed by atoms with Crippen LogP contribution in [0.2, 0.25) is 0 Å². The monoisotopic (exact) mass is 386 g/mol. The Morgan fingerprint density at radius 3 is 2.17 bits per heavy atom. The maximum absolute atomic E-state index is 13.6. The van der Waals surface area contributed by atoms with Gasteiger partial charge in [-0.1, -0.05) is 70.2 Å². The molecule has 3 nitrogen and oxygen atoms in total. The Hall–Kier alpha value is -2.94. The van der Waals surface area contributed by atoms with E-state index in [1.54, 1.807) is 6.07 Å². The van der Waals surface area contributed by atoms with Crippen molar-refractivity contribution < 1.29 is 14.7 Å². The van der Waals surface area contributed by atoms with Gasteiger partial charge < -0.3 is 5.11 Å². The Balaban J connectivity index is 1.93. The number of carbonyl (C=O) groups excluding carboxylic acids is 1. The van der Waals surface area contributed by atoms with Crippen molar-refractivity contribution in [1.29, 1.82) is 0 Å². The van der Waals surface area contributed by atoms with Gasteiger partial charge >= 0.3 is 5.97 Å². The minimum atomic E-state index is -1.08. The largest absolute Gasteiger partial charge is 0.478 e. The lowest BCUT2D eigenvalue weighted by Gasteiger charge is -2.42. The fourth-order valence-corrected chi connectivity index (χ4v) is 4.57. The van der Waals surface area contributed by atoms with Crippen molar-refractivity contribution in [3.05, 3.63) is 82.4 Å². The Bertz CT molecular complexity index is 1150. The van der Waals surface area contributed by atoms with Gasteiger partial charge in [0, 0.05) is 11.1 Å². The van der Waals surface area contributed by atoms with Gasteiger partial charge in [-0.2, -0.15) is 0 Å². The van der Waals surface area contributed by atoms with Gasteiger partial charge in [0.25, 0.3) is 0 Å². The molecular weight excluding hydrogens is 360 g/mol. The quantitative estimate of drug-likeness (QED) is 0.552. The molecule has 148 valence electrons. The van der Waals surface area contributed by atoms with E-state index in [4.69, 9.17) is 0 Å². The highest BCUT2D eigenvalue weighted by atomic mass is 16.4. The van der Waals surface area contributed by atoms with Gasteiger partial charge in [-0.3, -0.25) is 4.79 Å². The minimum absolute atomic E-state index is 0.0183. The van der Waals surface area contributed by atoms with Gasteiger partial charge in [-0.15, -0.1) is 0 Å². The van der Waals surface area contributed by atoms with Gasteiger partial charge in [0.1, 0.15) is 0 Å². The van der Waals surface area contributed by atoms with Crippen LogP contribution in [0.15, 0.2) is 54.6 Å². The molecule has 3 heteroatoms. The van der Waals surface area contributed by atoms with Crippen molar-refractivity contribution in [3.63, 3.8) is 0 Å². The molecule has 0 amide bonds. The van der Waals surface area contributed by atoms with E-state index in [2.05, 4.69) is 33.8 Å². The Labute approximate surface area is 171 Å². The fraction of sp³-hybridized carbons (Fsp3) is 0.308. The predicted octanol–water partition coefficient (Wildman–Crippen LogP) is 6.12. The number of rotatable bonds is 3. The molecule has 0 aliphatic heterocycles. The fourth-order valence-electron chi connectivity index (χ4n) is 4.57. The molecule has 1 N–H and O–H groups in total. The molecule has 1 aliphatic rings. The minimum Gasteiger partial charge on any atom is -0.478 e. The van der Waals surface area contributed by atoms with Crippen LogP contribution < -0.4 is 0 Å². The summed E-state index contributed by atoms with van der Waals surface area (Å²) in [5, 5.41) is 11.2. The summed E-state index contributed by atoms with van der Waals surface area (Å²) in [5.41, 5.74) is 3.38. The van der Waals surface area contributed by atoms with Gasteiger partial charge in [-0.25, -0.2) is 4.79 Å². The number of hydrogen-bond donors (Lipinski definition) is 1. The molecule has 0 saturated heterocycles. The Kier molecular flexibility index (Phi) is 4.38. The van der Waals surface area contributed by atoms with Crippen LogP contribution in [0.25, 0.3) is 10.8 Å². The number of fused-ring (bicyclic) bond motifs is 2. The van der Waals surface area contributed by atoms with Crippen LogP contribution in [0.1, 0.15) is 77.9 Å². The molecule has 3 aromatic rings. The number of carboxylic acids is 1. The van der Waals surface area contributed by atoms with Gasteiger partial charge in [0.05, 0.1) is 5.56 Å². The number of hydrogen-bond acceptors (Lipinski definition) is 2. The highest BCUT2D eigenvalue weighted by Gasteiger charge is 2.37. The SMILES string of the molecule is CC1(C)CCC(C)(C)c2cc(C(=O)c3c(C(=O)O)ccc4ccccc34)ccc21. The van der Waals surface area contributed by atoms with Crippen LogP contribution in [0.5, 0.6) is 0 Å². The summed E-state index contributed by atoms with van der Waals surface area (Å²) < 4.78 is 0. The highest BCUT2D eigenvalue weighted by Crippen LogP contribution is 2.46. The second-order valence-corrected chi connectivity index (χ2v) is 9.37. The maximum Gasteiger partial charge on any atom is 0.336 e. The molecule has 0 atom stereocenters. The molecule has 0 fully saturated rings. The maximum atomic E-state index is 13.6. The number of carbonyl (C=O) groups is 2. The molecule has 0 spiro atoms. The zero-order valence-electron chi connectivity index (χ0n) is 17.4.